The Balaban J connectivity index is 0.000000284. The van der Waals surface area contributed by atoms with Crippen LogP contribution in [0.4, 0.5) is 0 Å². The molecule has 2 aromatic rings. The minimum atomic E-state index is 0. The van der Waals surface area contributed by atoms with Crippen molar-refractivity contribution in [3.05, 3.63) is 59.7 Å². The van der Waals surface area contributed by atoms with E-state index in [-0.39, 0.29) is 17.1 Å². The predicted octanol–water partition coefficient (Wildman–Crippen LogP) is 4.71. The second-order valence-electron chi connectivity index (χ2n) is 4.09. The third kappa shape index (κ3) is 7.20. The summed E-state index contributed by atoms with van der Waals surface area (Å²) in [6.07, 6.45) is 4.97. The molecule has 0 aliphatic rings. The van der Waals surface area contributed by atoms with Gasteiger partial charge in [-0.15, -0.1) is 0 Å². The molecular formula is C16H22Fe-2. The van der Waals surface area contributed by atoms with Gasteiger partial charge in [0.15, 0.2) is 0 Å². The van der Waals surface area contributed by atoms with Crippen LogP contribution in [-0.2, 0) is 29.9 Å². The van der Waals surface area contributed by atoms with Crippen LogP contribution >= 0.6 is 0 Å². The van der Waals surface area contributed by atoms with E-state index >= 15 is 0 Å². The van der Waals surface area contributed by atoms with Gasteiger partial charge in [0.05, 0.1) is 0 Å². The van der Waals surface area contributed by atoms with E-state index in [1.54, 1.807) is 0 Å². The average molecular weight is 270 g/mol. The van der Waals surface area contributed by atoms with Crippen LogP contribution in [0.1, 0.15) is 37.8 Å². The van der Waals surface area contributed by atoms with Crippen LogP contribution < -0.4 is 0 Å². The monoisotopic (exact) mass is 270 g/mol. The smallest absolute Gasteiger partial charge is 0 e. The summed E-state index contributed by atoms with van der Waals surface area (Å²) in [6, 6.07) is 17.0. The SMILES string of the molecule is CCC[c-]1cccc1.CCC[c-]1cccc1.[Fe]. The third-order valence-electron chi connectivity index (χ3n) is 2.54. The molecule has 2 aromatic carbocycles. The fourth-order valence-corrected chi connectivity index (χ4v) is 1.74. The van der Waals surface area contributed by atoms with Gasteiger partial charge in [0.1, 0.15) is 0 Å². The zero-order valence-electron chi connectivity index (χ0n) is 10.8. The van der Waals surface area contributed by atoms with Gasteiger partial charge in [-0.2, -0.15) is 35.4 Å². The van der Waals surface area contributed by atoms with Gasteiger partial charge in [0.2, 0.25) is 0 Å². The van der Waals surface area contributed by atoms with Crippen LogP contribution in [0.25, 0.3) is 0 Å². The fraction of sp³-hybridized carbons (Fsp3) is 0.375. The average Bonchev–Trinajstić information content (AvgIpc) is 2.92. The van der Waals surface area contributed by atoms with Gasteiger partial charge in [0.25, 0.3) is 0 Å². The first-order valence-corrected chi connectivity index (χ1v) is 6.28. The summed E-state index contributed by atoms with van der Waals surface area (Å²) in [7, 11) is 0. The van der Waals surface area contributed by atoms with Crippen molar-refractivity contribution in [1.82, 2.24) is 0 Å². The third-order valence-corrected chi connectivity index (χ3v) is 2.54. The van der Waals surface area contributed by atoms with E-state index in [0.717, 1.165) is 0 Å². The second kappa shape index (κ2) is 10.4. The summed E-state index contributed by atoms with van der Waals surface area (Å²) < 4.78 is 0. The summed E-state index contributed by atoms with van der Waals surface area (Å²) in [5, 5.41) is 0. The summed E-state index contributed by atoms with van der Waals surface area (Å²) >= 11 is 0. The molecule has 17 heavy (non-hydrogen) atoms. The first-order valence-electron chi connectivity index (χ1n) is 6.28. The predicted molar refractivity (Wildman–Crippen MR) is 72.1 cm³/mol. The Labute approximate surface area is 116 Å². The van der Waals surface area contributed by atoms with E-state index in [1.165, 1.54) is 36.8 Å². The topological polar surface area (TPSA) is 0 Å². The maximum Gasteiger partial charge on any atom is 0 e. The van der Waals surface area contributed by atoms with Gasteiger partial charge in [-0.1, -0.05) is 39.5 Å². The van der Waals surface area contributed by atoms with Crippen LogP contribution in [0.3, 0.4) is 0 Å². The first kappa shape index (κ1) is 16.2. The zero-order valence-corrected chi connectivity index (χ0v) is 11.9. The summed E-state index contributed by atoms with van der Waals surface area (Å²) in [5.41, 5.74) is 2.93. The molecule has 0 saturated heterocycles. The van der Waals surface area contributed by atoms with Crippen molar-refractivity contribution in [3.63, 3.8) is 0 Å². The molecule has 0 aliphatic heterocycles. The quantitative estimate of drug-likeness (QED) is 0.557. The first-order chi connectivity index (χ1) is 7.86. The molecule has 0 fully saturated rings. The molecule has 96 valence electrons. The zero-order chi connectivity index (χ0) is 11.6. The standard InChI is InChI=1S/2C8H11.Fe/c2*1-2-5-8-6-3-4-7-8;/h2*3-4,6-7H,2,5H2,1H3;/q2*-1;. The number of hydrogen-bond donors (Lipinski definition) is 0. The summed E-state index contributed by atoms with van der Waals surface area (Å²) in [6.45, 7) is 4.40. The van der Waals surface area contributed by atoms with Gasteiger partial charge < -0.3 is 0 Å². The Morgan fingerprint density at radius 1 is 0.647 bits per heavy atom. The maximum atomic E-state index is 2.20. The molecule has 0 heterocycles. The number of aryl methyl sites for hydroxylation is 2. The summed E-state index contributed by atoms with van der Waals surface area (Å²) in [5.74, 6) is 0. The minimum Gasteiger partial charge on any atom is -0.213 e. The number of rotatable bonds is 4. The molecule has 0 atom stereocenters. The van der Waals surface area contributed by atoms with Gasteiger partial charge >= 0.3 is 0 Å². The van der Waals surface area contributed by atoms with Gasteiger partial charge in [0, 0.05) is 17.1 Å². The Morgan fingerprint density at radius 3 is 1.18 bits per heavy atom. The van der Waals surface area contributed by atoms with E-state index in [2.05, 4.69) is 62.4 Å². The van der Waals surface area contributed by atoms with Crippen molar-refractivity contribution in [1.29, 1.82) is 0 Å². The van der Waals surface area contributed by atoms with E-state index in [1.807, 2.05) is 0 Å². The molecule has 1 heteroatoms. The molecule has 0 bridgehead atoms. The fourth-order valence-electron chi connectivity index (χ4n) is 1.74. The largest absolute Gasteiger partial charge is 0.213 e. The van der Waals surface area contributed by atoms with Crippen molar-refractivity contribution < 1.29 is 17.1 Å². The van der Waals surface area contributed by atoms with E-state index in [4.69, 9.17) is 0 Å². The van der Waals surface area contributed by atoms with Crippen molar-refractivity contribution in [2.45, 2.75) is 39.5 Å². The van der Waals surface area contributed by atoms with E-state index in [0.29, 0.717) is 0 Å². The van der Waals surface area contributed by atoms with Crippen LogP contribution in [0.15, 0.2) is 48.5 Å². The van der Waals surface area contributed by atoms with Crippen molar-refractivity contribution >= 4 is 0 Å². The molecule has 2 rings (SSSR count). The number of hydrogen-bond acceptors (Lipinski definition) is 0. The molecule has 0 aliphatic carbocycles. The Bertz CT molecular complexity index is 293. The van der Waals surface area contributed by atoms with Crippen LogP contribution in [0.5, 0.6) is 0 Å². The van der Waals surface area contributed by atoms with Gasteiger partial charge in [-0.3, -0.25) is 0 Å². The van der Waals surface area contributed by atoms with Crippen molar-refractivity contribution in [2.75, 3.05) is 0 Å². The summed E-state index contributed by atoms with van der Waals surface area (Å²) in [4.78, 5) is 0. The molecule has 0 N–H and O–H groups in total. The Kier molecular flexibility index (Phi) is 9.90. The Hall–Kier alpha value is -0.781. The normalized spacial score (nSPS) is 9.06. The molecule has 0 saturated carbocycles. The van der Waals surface area contributed by atoms with Gasteiger partial charge in [-0.05, 0) is 0 Å². The maximum absolute atomic E-state index is 2.20. The van der Waals surface area contributed by atoms with E-state index in [9.17, 15) is 0 Å². The van der Waals surface area contributed by atoms with Crippen LogP contribution in [-0.4, -0.2) is 0 Å². The molecular weight excluding hydrogens is 248 g/mol. The molecule has 0 aromatic heterocycles. The molecule has 0 spiro atoms. The van der Waals surface area contributed by atoms with Gasteiger partial charge in [-0.25, -0.2) is 24.3 Å². The van der Waals surface area contributed by atoms with Crippen LogP contribution in [0.2, 0.25) is 0 Å². The van der Waals surface area contributed by atoms with Crippen LogP contribution in [0, 0.1) is 0 Å². The molecule has 0 nitrogen and oxygen atoms in total. The van der Waals surface area contributed by atoms with E-state index < -0.39 is 0 Å². The molecule has 0 unspecified atom stereocenters. The second-order valence-corrected chi connectivity index (χ2v) is 4.09. The molecule has 0 radical (unpaired) electrons. The van der Waals surface area contributed by atoms with Crippen molar-refractivity contribution in [2.24, 2.45) is 0 Å². The van der Waals surface area contributed by atoms with Crippen molar-refractivity contribution in [3.8, 4) is 0 Å². The minimum absolute atomic E-state index is 0. The Morgan fingerprint density at radius 2 is 0.941 bits per heavy atom. The molecule has 0 amide bonds.